The third-order valence-electron chi connectivity index (χ3n) is 4.58. The highest BCUT2D eigenvalue weighted by atomic mass is 16.5. The van der Waals surface area contributed by atoms with Crippen molar-refractivity contribution in [3.63, 3.8) is 0 Å². The molecule has 3 nitrogen and oxygen atoms in total. The van der Waals surface area contributed by atoms with Gasteiger partial charge in [-0.25, -0.2) is 0 Å². The second-order valence-corrected chi connectivity index (χ2v) is 7.51. The van der Waals surface area contributed by atoms with E-state index in [1.165, 1.54) is 5.57 Å². The summed E-state index contributed by atoms with van der Waals surface area (Å²) in [5.41, 5.74) is 5.06. The van der Waals surface area contributed by atoms with Crippen LogP contribution in [0.5, 0.6) is 5.75 Å². The van der Waals surface area contributed by atoms with E-state index in [-0.39, 0.29) is 5.91 Å². The molecule has 156 valence electrons. The minimum atomic E-state index is -0.0903. The van der Waals surface area contributed by atoms with Gasteiger partial charge in [-0.15, -0.1) is 12.3 Å². The molecule has 0 aliphatic heterocycles. The number of aryl methyl sites for hydroxylation is 1. The van der Waals surface area contributed by atoms with Crippen LogP contribution in [0.15, 0.2) is 60.2 Å². The van der Waals surface area contributed by atoms with Gasteiger partial charge in [0.15, 0.2) is 0 Å². The van der Waals surface area contributed by atoms with E-state index in [2.05, 4.69) is 31.2 Å². The van der Waals surface area contributed by atoms with Crippen molar-refractivity contribution in [1.82, 2.24) is 5.32 Å². The number of terminal acetylenes is 1. The van der Waals surface area contributed by atoms with E-state index in [0.717, 1.165) is 41.7 Å². The quantitative estimate of drug-likeness (QED) is 0.297. The Morgan fingerprint density at radius 3 is 2.77 bits per heavy atom. The molecule has 30 heavy (non-hydrogen) atoms. The van der Waals surface area contributed by atoms with Gasteiger partial charge in [0.2, 0.25) is 0 Å². The molecule has 0 bridgehead atoms. The Labute approximate surface area is 180 Å². The maximum Gasteiger partial charge on any atom is 0.251 e. The summed E-state index contributed by atoms with van der Waals surface area (Å²) in [7, 11) is 0. The van der Waals surface area contributed by atoms with Gasteiger partial charge in [0.05, 0.1) is 6.61 Å². The van der Waals surface area contributed by atoms with Crippen LogP contribution in [0.25, 0.3) is 6.08 Å². The molecule has 2 rings (SSSR count). The number of nitrogens with one attached hydrogen (secondary N) is 1. The first-order valence-corrected chi connectivity index (χ1v) is 10.3. The molecule has 0 spiro atoms. The average molecular weight is 402 g/mol. The lowest BCUT2D eigenvalue weighted by molar-refractivity contribution is 0.0951. The number of amides is 1. The lowest BCUT2D eigenvalue weighted by Gasteiger charge is -2.10. The molecule has 0 saturated heterocycles. The molecular weight excluding hydrogens is 370 g/mol. The van der Waals surface area contributed by atoms with Gasteiger partial charge >= 0.3 is 0 Å². The normalized spacial score (nSPS) is 10.5. The fraction of sp³-hybridized carbons (Fsp3) is 0.296. The summed E-state index contributed by atoms with van der Waals surface area (Å²) < 4.78 is 5.77. The Morgan fingerprint density at radius 2 is 2.00 bits per heavy atom. The lowest BCUT2D eigenvalue weighted by Crippen LogP contribution is -2.22. The van der Waals surface area contributed by atoms with Crippen LogP contribution in [0.1, 0.15) is 60.2 Å². The van der Waals surface area contributed by atoms with E-state index in [4.69, 9.17) is 11.2 Å². The van der Waals surface area contributed by atoms with Gasteiger partial charge in [-0.2, -0.15) is 0 Å². The molecule has 1 amide bonds. The van der Waals surface area contributed by atoms with E-state index in [1.807, 2.05) is 61.5 Å². The smallest absolute Gasteiger partial charge is 0.251 e. The van der Waals surface area contributed by atoms with Gasteiger partial charge in [0.1, 0.15) is 5.75 Å². The van der Waals surface area contributed by atoms with Crippen LogP contribution in [0.4, 0.5) is 0 Å². The highest BCUT2D eigenvalue weighted by Gasteiger charge is 2.07. The third-order valence-corrected chi connectivity index (χ3v) is 4.58. The number of hydrogen-bond acceptors (Lipinski definition) is 2. The van der Waals surface area contributed by atoms with E-state index in [1.54, 1.807) is 0 Å². The van der Waals surface area contributed by atoms with Crippen LogP contribution < -0.4 is 10.1 Å². The van der Waals surface area contributed by atoms with Gasteiger partial charge in [-0.1, -0.05) is 42.0 Å². The molecule has 2 aromatic carbocycles. The summed E-state index contributed by atoms with van der Waals surface area (Å²) in [5.74, 6) is 3.35. The van der Waals surface area contributed by atoms with Crippen LogP contribution in [-0.4, -0.2) is 12.5 Å². The van der Waals surface area contributed by atoms with Crippen molar-refractivity contribution >= 4 is 12.0 Å². The fourth-order valence-electron chi connectivity index (χ4n) is 2.85. The summed E-state index contributed by atoms with van der Waals surface area (Å²) in [4.78, 5) is 12.6. The maximum atomic E-state index is 12.6. The molecule has 0 aromatic heterocycles. The zero-order valence-corrected chi connectivity index (χ0v) is 18.2. The Kier molecular flexibility index (Phi) is 9.48. The SMILES string of the molecule is C#CCCCCOc1cccc(CNC(=O)c2ccc(C)c(/C=C\C=C(C)C)c2)c1. The number of hydrogen-bond donors (Lipinski definition) is 1. The van der Waals surface area contributed by atoms with Crippen LogP contribution in [0.2, 0.25) is 0 Å². The topological polar surface area (TPSA) is 38.3 Å². The molecule has 0 aliphatic carbocycles. The number of benzene rings is 2. The number of ether oxygens (including phenoxy) is 1. The van der Waals surface area contributed by atoms with Crippen molar-refractivity contribution in [2.75, 3.05) is 6.61 Å². The standard InChI is InChI=1S/C27H31NO2/c1-5-6-7-8-17-30-26-14-10-12-23(18-26)20-28-27(29)25-16-15-22(4)24(19-25)13-9-11-21(2)3/h1,9-16,18-19H,6-8,17,20H2,2-4H3,(H,28,29)/b13-9-. The highest BCUT2D eigenvalue weighted by Crippen LogP contribution is 2.16. The predicted octanol–water partition coefficient (Wildman–Crippen LogP) is 6.09. The summed E-state index contributed by atoms with van der Waals surface area (Å²) in [6.45, 7) is 7.25. The van der Waals surface area contributed by atoms with E-state index in [9.17, 15) is 4.79 Å². The minimum Gasteiger partial charge on any atom is -0.494 e. The first kappa shape index (κ1) is 23.0. The molecule has 0 unspecified atom stereocenters. The number of unbranched alkanes of at least 4 members (excludes halogenated alkanes) is 2. The van der Waals surface area contributed by atoms with Crippen molar-refractivity contribution in [1.29, 1.82) is 0 Å². The lowest BCUT2D eigenvalue weighted by atomic mass is 10.0. The second-order valence-electron chi connectivity index (χ2n) is 7.51. The van der Waals surface area contributed by atoms with Gasteiger partial charge in [0.25, 0.3) is 5.91 Å². The molecule has 0 atom stereocenters. The van der Waals surface area contributed by atoms with Crippen LogP contribution >= 0.6 is 0 Å². The minimum absolute atomic E-state index is 0.0903. The number of rotatable bonds is 10. The Bertz CT molecular complexity index is 944. The molecule has 3 heteroatoms. The number of carbonyl (C=O) groups excluding carboxylic acids is 1. The average Bonchev–Trinajstić information content (AvgIpc) is 2.73. The molecule has 0 fully saturated rings. The van der Waals surface area contributed by atoms with Crippen molar-refractivity contribution < 1.29 is 9.53 Å². The number of allylic oxidation sites excluding steroid dienone is 3. The monoisotopic (exact) mass is 401 g/mol. The molecule has 1 N–H and O–H groups in total. The largest absolute Gasteiger partial charge is 0.494 e. The zero-order chi connectivity index (χ0) is 21.8. The highest BCUT2D eigenvalue weighted by molar-refractivity contribution is 5.94. The third kappa shape index (κ3) is 8.01. The number of carbonyl (C=O) groups is 1. The van der Waals surface area contributed by atoms with Crippen LogP contribution in [0.3, 0.4) is 0 Å². The summed E-state index contributed by atoms with van der Waals surface area (Å²) in [5, 5.41) is 2.99. The van der Waals surface area contributed by atoms with E-state index >= 15 is 0 Å². The van der Waals surface area contributed by atoms with Gasteiger partial charge in [0, 0.05) is 18.5 Å². The zero-order valence-electron chi connectivity index (χ0n) is 18.2. The summed E-state index contributed by atoms with van der Waals surface area (Å²) in [6, 6.07) is 13.6. The van der Waals surface area contributed by atoms with Crippen molar-refractivity contribution in [3.8, 4) is 18.1 Å². The Balaban J connectivity index is 1.94. The van der Waals surface area contributed by atoms with Crippen LogP contribution in [-0.2, 0) is 6.54 Å². The molecular formula is C27H31NO2. The van der Waals surface area contributed by atoms with E-state index in [0.29, 0.717) is 18.7 Å². The van der Waals surface area contributed by atoms with Crippen LogP contribution in [0, 0.1) is 19.3 Å². The second kappa shape index (κ2) is 12.3. The van der Waals surface area contributed by atoms with E-state index < -0.39 is 0 Å². The first-order chi connectivity index (χ1) is 14.5. The molecule has 0 aliphatic rings. The predicted molar refractivity (Wildman–Crippen MR) is 125 cm³/mol. The molecule has 0 saturated carbocycles. The summed E-state index contributed by atoms with van der Waals surface area (Å²) in [6.07, 6.45) is 14.0. The van der Waals surface area contributed by atoms with Gasteiger partial charge in [-0.05, 0) is 74.6 Å². The van der Waals surface area contributed by atoms with Crippen molar-refractivity contribution in [2.45, 2.75) is 46.6 Å². The van der Waals surface area contributed by atoms with Gasteiger partial charge < -0.3 is 10.1 Å². The fourth-order valence-corrected chi connectivity index (χ4v) is 2.85. The molecule has 2 aromatic rings. The van der Waals surface area contributed by atoms with Crippen molar-refractivity contribution in [3.05, 3.63) is 82.4 Å². The van der Waals surface area contributed by atoms with Gasteiger partial charge in [-0.3, -0.25) is 4.79 Å². The first-order valence-electron chi connectivity index (χ1n) is 10.3. The molecule has 0 radical (unpaired) electrons. The Morgan fingerprint density at radius 1 is 1.17 bits per heavy atom. The summed E-state index contributed by atoms with van der Waals surface area (Å²) >= 11 is 0. The molecule has 0 heterocycles. The van der Waals surface area contributed by atoms with Crippen molar-refractivity contribution in [2.24, 2.45) is 0 Å². The Hall–Kier alpha value is -3.25. The maximum absolute atomic E-state index is 12.6.